The predicted octanol–water partition coefficient (Wildman–Crippen LogP) is 4.19. The van der Waals surface area contributed by atoms with Crippen LogP contribution in [0.4, 0.5) is 5.00 Å². The number of aromatic nitrogens is 4. The van der Waals surface area contributed by atoms with Gasteiger partial charge in [-0.25, -0.2) is 19.4 Å². The molecule has 0 aliphatic carbocycles. The van der Waals surface area contributed by atoms with Crippen LogP contribution in [0, 0.1) is 34.6 Å². The molecule has 3 heterocycles. The molecular formula is C23H29N5O3S. The number of hydrogen-bond donors (Lipinski definition) is 1. The third kappa shape index (κ3) is 4.72. The van der Waals surface area contributed by atoms with Crippen LogP contribution in [0.3, 0.4) is 0 Å². The summed E-state index contributed by atoms with van der Waals surface area (Å²) in [5, 5.41) is 8.02. The van der Waals surface area contributed by atoms with Crippen LogP contribution < -0.4 is 5.32 Å². The Hall–Kier alpha value is -3.07. The van der Waals surface area contributed by atoms with Gasteiger partial charge in [0.25, 0.3) is 5.95 Å². The Morgan fingerprint density at radius 2 is 1.72 bits per heavy atom. The van der Waals surface area contributed by atoms with Crippen LogP contribution in [0.1, 0.15) is 63.0 Å². The quantitative estimate of drug-likeness (QED) is 0.537. The van der Waals surface area contributed by atoms with Gasteiger partial charge in [0.1, 0.15) is 5.00 Å². The molecule has 0 radical (unpaired) electrons. The molecule has 0 aliphatic heterocycles. The van der Waals surface area contributed by atoms with Gasteiger partial charge in [0.15, 0.2) is 0 Å². The van der Waals surface area contributed by atoms with E-state index in [0.717, 1.165) is 38.8 Å². The summed E-state index contributed by atoms with van der Waals surface area (Å²) in [4.78, 5) is 35.4. The van der Waals surface area contributed by atoms with Gasteiger partial charge >= 0.3 is 5.97 Å². The van der Waals surface area contributed by atoms with Gasteiger partial charge in [-0.1, -0.05) is 6.92 Å². The number of thiophene rings is 1. The molecule has 3 aromatic rings. The lowest BCUT2D eigenvalue weighted by molar-refractivity contribution is -0.115. The number of rotatable bonds is 7. The zero-order chi connectivity index (χ0) is 23.6. The first-order chi connectivity index (χ1) is 15.2. The Kier molecular flexibility index (Phi) is 7.08. The predicted molar refractivity (Wildman–Crippen MR) is 125 cm³/mol. The summed E-state index contributed by atoms with van der Waals surface area (Å²) in [5.74, 6) is -0.136. The molecule has 0 unspecified atom stereocenters. The van der Waals surface area contributed by atoms with Gasteiger partial charge in [0.2, 0.25) is 5.91 Å². The van der Waals surface area contributed by atoms with Crippen LogP contribution in [0.25, 0.3) is 5.95 Å². The summed E-state index contributed by atoms with van der Waals surface area (Å²) >= 11 is 1.40. The molecule has 0 bridgehead atoms. The van der Waals surface area contributed by atoms with E-state index < -0.39 is 5.97 Å². The van der Waals surface area contributed by atoms with Crippen molar-refractivity contribution in [3.63, 3.8) is 0 Å². The second-order valence-corrected chi connectivity index (χ2v) is 8.88. The topological polar surface area (TPSA) is 99.0 Å². The number of nitrogens with zero attached hydrogens (tertiary/aromatic N) is 4. The van der Waals surface area contributed by atoms with E-state index in [-0.39, 0.29) is 18.9 Å². The highest BCUT2D eigenvalue weighted by atomic mass is 32.1. The molecule has 9 heteroatoms. The maximum Gasteiger partial charge on any atom is 0.341 e. The first-order valence-electron chi connectivity index (χ1n) is 10.6. The van der Waals surface area contributed by atoms with E-state index in [4.69, 9.17) is 4.74 Å². The first kappa shape index (κ1) is 23.6. The highest BCUT2D eigenvalue weighted by molar-refractivity contribution is 7.16. The molecule has 0 aromatic carbocycles. The lowest BCUT2D eigenvalue weighted by Gasteiger charge is -2.09. The Morgan fingerprint density at radius 3 is 2.31 bits per heavy atom. The van der Waals surface area contributed by atoms with E-state index in [1.54, 1.807) is 11.6 Å². The molecule has 0 saturated carbocycles. The summed E-state index contributed by atoms with van der Waals surface area (Å²) in [5.41, 5.74) is 5.43. The van der Waals surface area contributed by atoms with E-state index in [1.165, 1.54) is 11.3 Å². The monoisotopic (exact) mass is 455 g/mol. The van der Waals surface area contributed by atoms with Crippen LogP contribution in [0.15, 0.2) is 6.07 Å². The Labute approximate surface area is 192 Å². The maximum atomic E-state index is 13.0. The van der Waals surface area contributed by atoms with E-state index in [0.29, 0.717) is 22.9 Å². The molecule has 170 valence electrons. The minimum atomic E-state index is -0.406. The molecule has 3 rings (SSSR count). The van der Waals surface area contributed by atoms with Crippen molar-refractivity contribution in [2.24, 2.45) is 0 Å². The van der Waals surface area contributed by atoms with Crippen molar-refractivity contribution in [1.82, 2.24) is 19.7 Å². The molecule has 0 saturated heterocycles. The van der Waals surface area contributed by atoms with Crippen molar-refractivity contribution in [3.8, 4) is 5.95 Å². The maximum absolute atomic E-state index is 13.0. The third-order valence-corrected chi connectivity index (χ3v) is 6.30. The minimum absolute atomic E-state index is 0.128. The van der Waals surface area contributed by atoms with Crippen molar-refractivity contribution in [2.45, 2.75) is 61.3 Å². The van der Waals surface area contributed by atoms with Crippen LogP contribution in [0.5, 0.6) is 0 Å². The second-order valence-electron chi connectivity index (χ2n) is 7.65. The van der Waals surface area contributed by atoms with Crippen LogP contribution in [-0.2, 0) is 22.4 Å². The lowest BCUT2D eigenvalue weighted by atomic mass is 10.1. The average Bonchev–Trinajstić information content (AvgIpc) is 3.17. The van der Waals surface area contributed by atoms with Gasteiger partial charge in [0, 0.05) is 27.5 Å². The van der Waals surface area contributed by atoms with Crippen molar-refractivity contribution < 1.29 is 14.3 Å². The molecule has 32 heavy (non-hydrogen) atoms. The molecule has 0 atom stereocenters. The number of carbonyl (C=O) groups excluding carboxylic acids is 2. The van der Waals surface area contributed by atoms with Crippen LogP contribution in [0.2, 0.25) is 0 Å². The van der Waals surface area contributed by atoms with Gasteiger partial charge in [-0.2, -0.15) is 5.10 Å². The van der Waals surface area contributed by atoms with Gasteiger partial charge in [-0.05, 0) is 59.6 Å². The van der Waals surface area contributed by atoms with Gasteiger partial charge in [-0.15, -0.1) is 11.3 Å². The Balaban J connectivity index is 1.88. The first-order valence-corrected chi connectivity index (χ1v) is 11.4. The summed E-state index contributed by atoms with van der Waals surface area (Å²) in [6, 6.07) is 1.90. The number of esters is 1. The molecule has 1 N–H and O–H groups in total. The van der Waals surface area contributed by atoms with Crippen LogP contribution >= 0.6 is 11.3 Å². The van der Waals surface area contributed by atoms with E-state index in [9.17, 15) is 9.59 Å². The van der Waals surface area contributed by atoms with Gasteiger partial charge in [-0.3, -0.25) is 4.79 Å². The molecule has 0 aliphatic rings. The standard InChI is InChI=1S/C23H29N5O3S/c1-8-17-16(7)32-21(20(17)22(30)31-9-2)26-19(29)11-18-14(5)27-28(15(18)6)23-24-12(3)10-13(4)25-23/h10H,8-9,11H2,1-7H3,(H,26,29). The normalized spacial score (nSPS) is 11.0. The van der Waals surface area contributed by atoms with E-state index in [1.807, 2.05) is 47.6 Å². The zero-order valence-electron chi connectivity index (χ0n) is 19.6. The summed E-state index contributed by atoms with van der Waals surface area (Å²) < 4.78 is 6.90. The van der Waals surface area contributed by atoms with Crippen molar-refractivity contribution in [3.05, 3.63) is 50.4 Å². The minimum Gasteiger partial charge on any atom is -0.462 e. The molecule has 0 fully saturated rings. The van der Waals surface area contributed by atoms with E-state index in [2.05, 4.69) is 20.4 Å². The van der Waals surface area contributed by atoms with Gasteiger partial charge < -0.3 is 10.1 Å². The van der Waals surface area contributed by atoms with Crippen molar-refractivity contribution >= 4 is 28.2 Å². The van der Waals surface area contributed by atoms with Crippen molar-refractivity contribution in [1.29, 1.82) is 0 Å². The summed E-state index contributed by atoms with van der Waals surface area (Å²) in [6.07, 6.45) is 0.816. The SMILES string of the molecule is CCOC(=O)c1c(NC(=O)Cc2c(C)nn(-c3nc(C)cc(C)n3)c2C)sc(C)c1CC. The number of hydrogen-bond acceptors (Lipinski definition) is 7. The smallest absolute Gasteiger partial charge is 0.341 e. The van der Waals surface area contributed by atoms with Crippen LogP contribution in [-0.4, -0.2) is 38.2 Å². The number of anilines is 1. The highest BCUT2D eigenvalue weighted by Gasteiger charge is 2.24. The Bertz CT molecular complexity index is 1160. The summed E-state index contributed by atoms with van der Waals surface area (Å²) in [7, 11) is 0. The average molecular weight is 456 g/mol. The number of carbonyl (C=O) groups is 2. The van der Waals surface area contributed by atoms with E-state index >= 15 is 0 Å². The Morgan fingerprint density at radius 1 is 1.06 bits per heavy atom. The number of nitrogens with one attached hydrogen (secondary N) is 1. The lowest BCUT2D eigenvalue weighted by Crippen LogP contribution is -2.17. The fraction of sp³-hybridized carbons (Fsp3) is 0.435. The largest absolute Gasteiger partial charge is 0.462 e. The molecule has 3 aromatic heterocycles. The van der Waals surface area contributed by atoms with Gasteiger partial charge in [0.05, 0.1) is 24.3 Å². The second kappa shape index (κ2) is 9.60. The highest BCUT2D eigenvalue weighted by Crippen LogP contribution is 2.34. The molecule has 0 spiro atoms. The number of aryl methyl sites for hydroxylation is 4. The fourth-order valence-corrected chi connectivity index (χ4v) is 4.92. The molecule has 8 nitrogen and oxygen atoms in total. The molecule has 1 amide bonds. The summed E-state index contributed by atoms with van der Waals surface area (Å²) in [6.45, 7) is 13.6. The zero-order valence-corrected chi connectivity index (χ0v) is 20.4. The third-order valence-electron chi connectivity index (χ3n) is 5.23. The number of amides is 1. The molecular weight excluding hydrogens is 426 g/mol. The van der Waals surface area contributed by atoms with Crippen molar-refractivity contribution in [2.75, 3.05) is 11.9 Å². The fourth-order valence-electron chi connectivity index (χ4n) is 3.77. The number of ether oxygens (including phenoxy) is 1.